The molecular weight excluding hydrogens is 280 g/mol. The summed E-state index contributed by atoms with van der Waals surface area (Å²) < 4.78 is 12.1. The summed E-state index contributed by atoms with van der Waals surface area (Å²) >= 11 is 5.77. The number of rotatable bonds is 4. The molecule has 0 aliphatic heterocycles. The van der Waals surface area contributed by atoms with Crippen molar-refractivity contribution in [2.45, 2.75) is 11.8 Å². The first-order chi connectivity index (χ1) is 9.06. The van der Waals surface area contributed by atoms with Gasteiger partial charge in [-0.05, 0) is 37.3 Å². The van der Waals surface area contributed by atoms with E-state index in [4.69, 9.17) is 11.6 Å². The van der Waals surface area contributed by atoms with E-state index in [1.54, 1.807) is 36.4 Å². The van der Waals surface area contributed by atoms with E-state index in [0.717, 1.165) is 5.56 Å². The van der Waals surface area contributed by atoms with Gasteiger partial charge in [-0.25, -0.2) is 0 Å². The molecule has 2 rings (SSSR count). The molecule has 2 nitrogen and oxygen atoms in total. The smallest absolute Gasteiger partial charge is 0.175 e. The van der Waals surface area contributed by atoms with Crippen molar-refractivity contribution in [1.82, 2.24) is 0 Å². The van der Waals surface area contributed by atoms with Crippen LogP contribution < -0.4 is 0 Å². The number of hydrogen-bond donors (Lipinski definition) is 0. The Kier molecular flexibility index (Phi) is 4.51. The predicted molar refractivity (Wildman–Crippen MR) is 78.2 cm³/mol. The van der Waals surface area contributed by atoms with Crippen molar-refractivity contribution < 1.29 is 9.00 Å². The topological polar surface area (TPSA) is 34.1 Å². The normalized spacial score (nSPS) is 12.1. The number of carbonyl (C=O) groups excluding carboxylic acids is 1. The van der Waals surface area contributed by atoms with Crippen LogP contribution in [-0.2, 0) is 10.8 Å². The quantitative estimate of drug-likeness (QED) is 0.806. The maximum atomic E-state index is 12.1. The molecule has 0 heterocycles. The Labute approximate surface area is 119 Å². The van der Waals surface area contributed by atoms with E-state index in [1.165, 1.54) is 0 Å². The average molecular weight is 293 g/mol. The first-order valence-corrected chi connectivity index (χ1v) is 7.50. The minimum atomic E-state index is -1.34. The Balaban J connectivity index is 2.11. The Morgan fingerprint density at radius 1 is 1.16 bits per heavy atom. The Morgan fingerprint density at radius 3 is 2.47 bits per heavy atom. The van der Waals surface area contributed by atoms with Crippen molar-refractivity contribution in [2.24, 2.45) is 0 Å². The van der Waals surface area contributed by atoms with Crippen LogP contribution in [-0.4, -0.2) is 15.7 Å². The van der Waals surface area contributed by atoms with Gasteiger partial charge in [0, 0.05) is 15.5 Å². The Hall–Kier alpha value is -1.45. The highest BCUT2D eigenvalue weighted by molar-refractivity contribution is 7.85. The summed E-state index contributed by atoms with van der Waals surface area (Å²) in [6.07, 6.45) is 0. The van der Waals surface area contributed by atoms with Crippen molar-refractivity contribution in [1.29, 1.82) is 0 Å². The Morgan fingerprint density at radius 2 is 1.84 bits per heavy atom. The van der Waals surface area contributed by atoms with E-state index in [0.29, 0.717) is 15.5 Å². The monoisotopic (exact) mass is 292 g/mol. The van der Waals surface area contributed by atoms with Crippen molar-refractivity contribution in [3.63, 3.8) is 0 Å². The summed E-state index contributed by atoms with van der Waals surface area (Å²) in [5, 5.41) is 0.589. The SMILES string of the molecule is Cc1cccc(C(=O)CS(=O)c2ccc(Cl)cc2)c1. The van der Waals surface area contributed by atoms with Crippen LogP contribution >= 0.6 is 11.6 Å². The van der Waals surface area contributed by atoms with Gasteiger partial charge in [0.05, 0.1) is 16.6 Å². The third kappa shape index (κ3) is 3.75. The van der Waals surface area contributed by atoms with Gasteiger partial charge in [0.2, 0.25) is 0 Å². The molecule has 98 valence electrons. The lowest BCUT2D eigenvalue weighted by Gasteiger charge is -2.03. The second-order valence-electron chi connectivity index (χ2n) is 4.24. The van der Waals surface area contributed by atoms with Gasteiger partial charge in [-0.15, -0.1) is 0 Å². The molecule has 0 radical (unpaired) electrons. The first kappa shape index (κ1) is 14.0. The van der Waals surface area contributed by atoms with Crippen LogP contribution in [0.3, 0.4) is 0 Å². The molecule has 0 aliphatic carbocycles. The number of ketones is 1. The molecule has 2 aromatic carbocycles. The van der Waals surface area contributed by atoms with Crippen LogP contribution in [0.5, 0.6) is 0 Å². The van der Waals surface area contributed by atoms with Crippen molar-refractivity contribution in [2.75, 3.05) is 5.75 Å². The number of halogens is 1. The van der Waals surface area contributed by atoms with E-state index in [9.17, 15) is 9.00 Å². The number of hydrogen-bond acceptors (Lipinski definition) is 2. The maximum absolute atomic E-state index is 12.1. The molecule has 4 heteroatoms. The summed E-state index contributed by atoms with van der Waals surface area (Å²) in [5.41, 5.74) is 1.62. The second-order valence-corrected chi connectivity index (χ2v) is 6.12. The van der Waals surface area contributed by atoms with Gasteiger partial charge in [0.1, 0.15) is 0 Å². The molecular formula is C15H13ClO2S. The fourth-order valence-corrected chi connectivity index (χ4v) is 2.83. The zero-order valence-corrected chi connectivity index (χ0v) is 12.0. The predicted octanol–water partition coefficient (Wildman–Crippen LogP) is 3.64. The van der Waals surface area contributed by atoms with E-state index in [2.05, 4.69) is 0 Å². The molecule has 0 saturated heterocycles. The maximum Gasteiger partial charge on any atom is 0.175 e. The number of Topliss-reactive ketones (excluding diaryl/α,β-unsaturated/α-hetero) is 1. The molecule has 2 aromatic rings. The molecule has 0 saturated carbocycles. The van der Waals surface area contributed by atoms with Crippen molar-refractivity contribution in [3.05, 3.63) is 64.7 Å². The van der Waals surface area contributed by atoms with Gasteiger partial charge < -0.3 is 0 Å². The third-order valence-corrected chi connectivity index (χ3v) is 4.25. The molecule has 0 fully saturated rings. The van der Waals surface area contributed by atoms with Gasteiger partial charge in [-0.3, -0.25) is 9.00 Å². The lowest BCUT2D eigenvalue weighted by atomic mass is 10.1. The van der Waals surface area contributed by atoms with Crippen molar-refractivity contribution in [3.8, 4) is 0 Å². The summed E-state index contributed by atoms with van der Waals surface area (Å²) in [7, 11) is -1.34. The summed E-state index contributed by atoms with van der Waals surface area (Å²) in [6.45, 7) is 1.92. The van der Waals surface area contributed by atoms with Gasteiger partial charge >= 0.3 is 0 Å². The van der Waals surface area contributed by atoms with Crippen LogP contribution in [0.4, 0.5) is 0 Å². The molecule has 0 spiro atoms. The van der Waals surface area contributed by atoms with Crippen molar-refractivity contribution >= 4 is 28.2 Å². The van der Waals surface area contributed by atoms with E-state index < -0.39 is 10.8 Å². The van der Waals surface area contributed by atoms with E-state index >= 15 is 0 Å². The summed E-state index contributed by atoms with van der Waals surface area (Å²) in [6, 6.07) is 14.0. The largest absolute Gasteiger partial charge is 0.293 e. The zero-order valence-electron chi connectivity index (χ0n) is 10.4. The highest BCUT2D eigenvalue weighted by atomic mass is 35.5. The highest BCUT2D eigenvalue weighted by Crippen LogP contribution is 2.14. The van der Waals surface area contributed by atoms with Gasteiger partial charge in [0.15, 0.2) is 5.78 Å². The molecule has 0 bridgehead atoms. The van der Waals surface area contributed by atoms with Crippen LogP contribution in [0, 0.1) is 6.92 Å². The fraction of sp³-hybridized carbons (Fsp3) is 0.133. The first-order valence-electron chi connectivity index (χ1n) is 5.80. The standard InChI is InChI=1S/C15H13ClO2S/c1-11-3-2-4-12(9-11)15(17)10-19(18)14-7-5-13(16)6-8-14/h2-9H,10H2,1H3. The molecule has 19 heavy (non-hydrogen) atoms. The second kappa shape index (κ2) is 6.13. The van der Waals surface area contributed by atoms with Gasteiger partial charge in [-0.2, -0.15) is 0 Å². The molecule has 0 aromatic heterocycles. The summed E-state index contributed by atoms with van der Waals surface area (Å²) in [5.74, 6) is -0.123. The lowest BCUT2D eigenvalue weighted by molar-refractivity contribution is 0.102. The van der Waals surface area contributed by atoms with Crippen LogP contribution in [0.25, 0.3) is 0 Å². The van der Waals surface area contributed by atoms with Crippen LogP contribution in [0.1, 0.15) is 15.9 Å². The highest BCUT2D eigenvalue weighted by Gasteiger charge is 2.12. The van der Waals surface area contributed by atoms with Crippen LogP contribution in [0.15, 0.2) is 53.4 Å². The fourth-order valence-electron chi connectivity index (χ4n) is 1.69. The number of aryl methyl sites for hydroxylation is 1. The minimum Gasteiger partial charge on any atom is -0.293 e. The van der Waals surface area contributed by atoms with E-state index in [-0.39, 0.29) is 11.5 Å². The third-order valence-electron chi connectivity index (χ3n) is 2.68. The summed E-state index contributed by atoms with van der Waals surface area (Å²) in [4.78, 5) is 12.6. The molecule has 1 atom stereocenters. The number of benzene rings is 2. The lowest BCUT2D eigenvalue weighted by Crippen LogP contribution is -2.11. The Bertz CT molecular complexity index is 620. The molecule has 1 unspecified atom stereocenters. The number of carbonyl (C=O) groups is 1. The van der Waals surface area contributed by atoms with Gasteiger partial charge in [0.25, 0.3) is 0 Å². The molecule has 0 aliphatic rings. The van der Waals surface area contributed by atoms with Gasteiger partial charge in [-0.1, -0.05) is 35.4 Å². The minimum absolute atomic E-state index is 0.00884. The molecule has 0 amide bonds. The van der Waals surface area contributed by atoms with Crippen LogP contribution in [0.2, 0.25) is 5.02 Å². The average Bonchev–Trinajstić information content (AvgIpc) is 2.39. The zero-order chi connectivity index (χ0) is 13.8. The van der Waals surface area contributed by atoms with E-state index in [1.807, 2.05) is 19.1 Å². The molecule has 0 N–H and O–H groups in total.